The number of aryl methyl sites for hydroxylation is 1. The Kier molecular flexibility index (Phi) is 4.39. The Morgan fingerprint density at radius 2 is 2.00 bits per heavy atom. The van der Waals surface area contributed by atoms with E-state index < -0.39 is 5.60 Å². The molecule has 0 aromatic carbocycles. The van der Waals surface area contributed by atoms with Gasteiger partial charge in [-0.3, -0.25) is 0 Å². The van der Waals surface area contributed by atoms with Gasteiger partial charge in [-0.1, -0.05) is 0 Å². The average molecular weight is 344 g/mol. The summed E-state index contributed by atoms with van der Waals surface area (Å²) in [6.07, 6.45) is 3.61. The van der Waals surface area contributed by atoms with Crippen LogP contribution in [0.1, 0.15) is 40.2 Å². The number of aromatic amines is 1. The highest BCUT2D eigenvalue weighted by Gasteiger charge is 2.35. The van der Waals surface area contributed by atoms with Gasteiger partial charge in [-0.15, -0.1) is 0 Å². The molecule has 1 saturated heterocycles. The van der Waals surface area contributed by atoms with E-state index in [1.165, 1.54) is 5.56 Å². The summed E-state index contributed by atoms with van der Waals surface area (Å²) < 4.78 is 5.56. The van der Waals surface area contributed by atoms with Crippen LogP contribution in [0.15, 0.2) is 18.5 Å². The Morgan fingerprint density at radius 1 is 1.28 bits per heavy atom. The first-order valence-corrected chi connectivity index (χ1v) is 8.86. The van der Waals surface area contributed by atoms with Crippen molar-refractivity contribution in [2.75, 3.05) is 18.0 Å². The van der Waals surface area contributed by atoms with E-state index in [1.54, 1.807) is 0 Å². The van der Waals surface area contributed by atoms with Gasteiger partial charge in [-0.05, 0) is 53.2 Å². The molecule has 2 aromatic rings. The summed E-state index contributed by atoms with van der Waals surface area (Å²) in [6, 6.07) is 2.22. The van der Waals surface area contributed by atoms with E-state index in [1.807, 2.05) is 44.1 Å². The lowest BCUT2D eigenvalue weighted by Gasteiger charge is -2.44. The summed E-state index contributed by atoms with van der Waals surface area (Å²) in [7, 11) is 0. The second-order valence-corrected chi connectivity index (χ2v) is 8.01. The molecular formula is C19H28N4O2. The third-order valence-electron chi connectivity index (χ3n) is 4.66. The Hall–Kier alpha value is -2.24. The van der Waals surface area contributed by atoms with Crippen LogP contribution in [0.3, 0.4) is 0 Å². The molecule has 3 rings (SSSR count). The molecule has 1 fully saturated rings. The molecule has 0 radical (unpaired) electrons. The maximum absolute atomic E-state index is 12.5. The van der Waals surface area contributed by atoms with Crippen molar-refractivity contribution >= 4 is 22.8 Å². The third-order valence-corrected chi connectivity index (χ3v) is 4.66. The quantitative estimate of drug-likeness (QED) is 0.857. The van der Waals surface area contributed by atoms with E-state index in [0.717, 1.165) is 23.3 Å². The molecule has 6 nitrogen and oxygen atoms in total. The number of piperazine rings is 1. The van der Waals surface area contributed by atoms with Gasteiger partial charge in [-0.2, -0.15) is 0 Å². The number of rotatable bonds is 1. The van der Waals surface area contributed by atoms with Gasteiger partial charge in [0.05, 0.1) is 5.52 Å². The second kappa shape index (κ2) is 6.24. The lowest BCUT2D eigenvalue weighted by molar-refractivity contribution is 0.0130. The van der Waals surface area contributed by atoms with E-state index >= 15 is 0 Å². The normalized spacial score (nSPS) is 21.7. The van der Waals surface area contributed by atoms with E-state index in [2.05, 4.69) is 35.6 Å². The first kappa shape index (κ1) is 17.6. The first-order valence-electron chi connectivity index (χ1n) is 8.86. The first-order chi connectivity index (χ1) is 11.7. The Morgan fingerprint density at radius 3 is 2.68 bits per heavy atom. The molecule has 0 spiro atoms. The van der Waals surface area contributed by atoms with Crippen LogP contribution in [0.5, 0.6) is 0 Å². The summed E-state index contributed by atoms with van der Waals surface area (Å²) in [5.41, 5.74) is 1.80. The van der Waals surface area contributed by atoms with Gasteiger partial charge in [0.2, 0.25) is 0 Å². The highest BCUT2D eigenvalue weighted by Crippen LogP contribution is 2.31. The van der Waals surface area contributed by atoms with Gasteiger partial charge in [-0.25, -0.2) is 9.78 Å². The number of pyridine rings is 1. The number of aromatic nitrogens is 2. The van der Waals surface area contributed by atoms with Crippen molar-refractivity contribution in [2.24, 2.45) is 0 Å². The Labute approximate surface area is 149 Å². The van der Waals surface area contributed by atoms with Gasteiger partial charge < -0.3 is 19.5 Å². The van der Waals surface area contributed by atoms with E-state index in [0.29, 0.717) is 6.54 Å². The number of nitrogens with one attached hydrogen (secondary N) is 1. The molecule has 0 aliphatic carbocycles. The largest absolute Gasteiger partial charge is 0.444 e. The molecule has 3 heterocycles. The molecule has 2 aromatic heterocycles. The molecule has 136 valence electrons. The minimum Gasteiger partial charge on any atom is -0.444 e. The number of nitrogens with zero attached hydrogens (tertiary/aromatic N) is 3. The number of anilines is 1. The Balaban J connectivity index is 1.85. The van der Waals surface area contributed by atoms with Gasteiger partial charge in [0.25, 0.3) is 0 Å². The van der Waals surface area contributed by atoms with Crippen molar-refractivity contribution in [1.82, 2.24) is 14.9 Å². The molecule has 1 aliphatic rings. The van der Waals surface area contributed by atoms with Crippen LogP contribution < -0.4 is 4.90 Å². The molecule has 0 saturated carbocycles. The molecule has 25 heavy (non-hydrogen) atoms. The fourth-order valence-electron chi connectivity index (χ4n) is 3.43. The monoisotopic (exact) mass is 344 g/mol. The fraction of sp³-hybridized carbons (Fsp3) is 0.579. The van der Waals surface area contributed by atoms with Crippen LogP contribution in [0.2, 0.25) is 0 Å². The molecule has 6 heteroatoms. The van der Waals surface area contributed by atoms with Crippen LogP contribution in [0.4, 0.5) is 10.6 Å². The number of H-pyrrole nitrogens is 1. The zero-order valence-electron chi connectivity index (χ0n) is 16.0. The predicted octanol–water partition coefficient (Wildman–Crippen LogP) is 3.71. The van der Waals surface area contributed by atoms with Gasteiger partial charge in [0, 0.05) is 43.0 Å². The summed E-state index contributed by atoms with van der Waals surface area (Å²) in [5, 5.41) is 1.16. The van der Waals surface area contributed by atoms with Crippen LogP contribution in [-0.4, -0.2) is 51.7 Å². The Bertz CT molecular complexity index is 777. The zero-order valence-corrected chi connectivity index (χ0v) is 16.0. The smallest absolute Gasteiger partial charge is 0.410 e. The highest BCUT2D eigenvalue weighted by molar-refractivity contribution is 5.93. The van der Waals surface area contributed by atoms with Gasteiger partial charge >= 0.3 is 6.09 Å². The summed E-state index contributed by atoms with van der Waals surface area (Å²) in [5.74, 6) is 0.986. The SMILES string of the molecule is Cc1c[nH]c2ccnc(N3C[C@H](C)N(C(=O)OC(C)(C)C)CC3C)c12. The lowest BCUT2D eigenvalue weighted by Crippen LogP contribution is -2.59. The van der Waals surface area contributed by atoms with Gasteiger partial charge in [0.15, 0.2) is 0 Å². The van der Waals surface area contributed by atoms with Crippen molar-refractivity contribution in [3.05, 3.63) is 24.0 Å². The highest BCUT2D eigenvalue weighted by atomic mass is 16.6. The van der Waals surface area contributed by atoms with E-state index in [-0.39, 0.29) is 18.2 Å². The molecular weight excluding hydrogens is 316 g/mol. The molecule has 2 atom stereocenters. The molecule has 1 amide bonds. The molecule has 1 aliphatic heterocycles. The van der Waals surface area contributed by atoms with E-state index in [4.69, 9.17) is 4.74 Å². The number of fused-ring (bicyclic) bond motifs is 1. The number of hydrogen-bond donors (Lipinski definition) is 1. The standard InChI is InChI=1S/C19H28N4O2/c1-12-9-21-15-7-8-20-17(16(12)15)22-10-14(3)23(11-13(22)2)18(24)25-19(4,5)6/h7-9,13-14,21H,10-11H2,1-6H3/t13?,14-/m0/s1. The van der Waals surface area contributed by atoms with Crippen LogP contribution >= 0.6 is 0 Å². The van der Waals surface area contributed by atoms with Crippen LogP contribution in [-0.2, 0) is 4.74 Å². The molecule has 1 N–H and O–H groups in total. The molecule has 1 unspecified atom stereocenters. The minimum absolute atomic E-state index is 0.0577. The van der Waals surface area contributed by atoms with Crippen molar-refractivity contribution in [3.8, 4) is 0 Å². The summed E-state index contributed by atoms with van der Waals surface area (Å²) >= 11 is 0. The van der Waals surface area contributed by atoms with Crippen molar-refractivity contribution < 1.29 is 9.53 Å². The van der Waals surface area contributed by atoms with Gasteiger partial charge in [0.1, 0.15) is 11.4 Å². The van der Waals surface area contributed by atoms with Crippen molar-refractivity contribution in [3.63, 3.8) is 0 Å². The van der Waals surface area contributed by atoms with Crippen molar-refractivity contribution in [2.45, 2.75) is 59.2 Å². The third kappa shape index (κ3) is 3.43. The fourth-order valence-corrected chi connectivity index (χ4v) is 3.43. The number of ether oxygens (including phenoxy) is 1. The summed E-state index contributed by atoms with van der Waals surface area (Å²) in [6.45, 7) is 13.3. The van der Waals surface area contributed by atoms with E-state index in [9.17, 15) is 4.79 Å². The topological polar surface area (TPSA) is 61.5 Å². The van der Waals surface area contributed by atoms with Crippen LogP contribution in [0.25, 0.3) is 10.9 Å². The molecule has 0 bridgehead atoms. The zero-order chi connectivity index (χ0) is 18.4. The number of hydrogen-bond acceptors (Lipinski definition) is 4. The maximum Gasteiger partial charge on any atom is 0.410 e. The predicted molar refractivity (Wildman–Crippen MR) is 100 cm³/mol. The maximum atomic E-state index is 12.5. The summed E-state index contributed by atoms with van der Waals surface area (Å²) in [4.78, 5) is 24.6. The lowest BCUT2D eigenvalue weighted by atomic mass is 10.1. The number of amides is 1. The van der Waals surface area contributed by atoms with Crippen LogP contribution in [0, 0.1) is 6.92 Å². The number of carbonyl (C=O) groups is 1. The number of carbonyl (C=O) groups excluding carboxylic acids is 1. The minimum atomic E-state index is -0.480. The van der Waals surface area contributed by atoms with Crippen molar-refractivity contribution in [1.29, 1.82) is 0 Å². The second-order valence-electron chi connectivity index (χ2n) is 8.01. The average Bonchev–Trinajstić information content (AvgIpc) is 2.89.